The van der Waals surface area contributed by atoms with Gasteiger partial charge in [-0.25, -0.2) is 13.5 Å². The summed E-state index contributed by atoms with van der Waals surface area (Å²) in [6, 6.07) is 3.16. The number of halogens is 2. The van der Waals surface area contributed by atoms with Crippen LogP contribution in [0.1, 0.15) is 38.1 Å². The molecule has 0 atom stereocenters. The first kappa shape index (κ1) is 16.8. The zero-order valence-electron chi connectivity index (χ0n) is 12.9. The Labute approximate surface area is 142 Å². The van der Waals surface area contributed by atoms with Crippen LogP contribution in [0.25, 0.3) is 0 Å². The molecule has 1 aromatic carbocycles. The van der Waals surface area contributed by atoms with Gasteiger partial charge in [-0.2, -0.15) is 0 Å². The molecule has 0 spiro atoms. The average Bonchev–Trinajstić information content (AvgIpc) is 3.01. The third kappa shape index (κ3) is 4.28. The lowest BCUT2D eigenvalue weighted by Gasteiger charge is -2.21. The van der Waals surface area contributed by atoms with Gasteiger partial charge >= 0.3 is 0 Å². The minimum atomic E-state index is -0.737. The summed E-state index contributed by atoms with van der Waals surface area (Å²) in [4.78, 5) is 12.0. The van der Waals surface area contributed by atoms with Gasteiger partial charge in [0.05, 0.1) is 11.8 Å². The van der Waals surface area contributed by atoms with Crippen molar-refractivity contribution in [2.24, 2.45) is 0 Å². The number of carbonyl (C=O) groups is 1. The third-order valence-corrected chi connectivity index (χ3v) is 4.80. The first-order chi connectivity index (χ1) is 11.6. The lowest BCUT2D eigenvalue weighted by molar-refractivity contribution is -0.113. The molecule has 2 aromatic rings. The molecular weight excluding hydrogens is 336 g/mol. The van der Waals surface area contributed by atoms with Crippen LogP contribution in [0.15, 0.2) is 23.4 Å². The molecule has 0 saturated heterocycles. The maximum absolute atomic E-state index is 13.1. The topological polar surface area (TPSA) is 72.7 Å². The summed E-state index contributed by atoms with van der Waals surface area (Å²) in [7, 11) is 0. The summed E-state index contributed by atoms with van der Waals surface area (Å²) in [5.41, 5.74) is 0.0879. The van der Waals surface area contributed by atoms with Gasteiger partial charge < -0.3 is 5.32 Å². The Morgan fingerprint density at radius 2 is 1.92 bits per heavy atom. The number of rotatable bonds is 5. The minimum Gasteiger partial charge on any atom is -0.325 e. The van der Waals surface area contributed by atoms with Gasteiger partial charge in [0.15, 0.2) is 0 Å². The number of carbonyl (C=O) groups excluding carboxylic acids is 1. The first-order valence-electron chi connectivity index (χ1n) is 7.78. The molecule has 128 valence electrons. The van der Waals surface area contributed by atoms with Gasteiger partial charge in [0.1, 0.15) is 11.6 Å². The van der Waals surface area contributed by atoms with E-state index in [1.165, 1.54) is 18.2 Å². The van der Waals surface area contributed by atoms with E-state index in [0.717, 1.165) is 43.9 Å². The molecule has 24 heavy (non-hydrogen) atoms. The Bertz CT molecular complexity index is 697. The Hall–Kier alpha value is -2.03. The van der Waals surface area contributed by atoms with E-state index < -0.39 is 11.6 Å². The van der Waals surface area contributed by atoms with Gasteiger partial charge in [0, 0.05) is 11.8 Å². The molecule has 0 radical (unpaired) electrons. The van der Waals surface area contributed by atoms with Gasteiger partial charge in [0.2, 0.25) is 11.1 Å². The Morgan fingerprint density at radius 1 is 1.21 bits per heavy atom. The highest BCUT2D eigenvalue weighted by molar-refractivity contribution is 7.99. The van der Waals surface area contributed by atoms with Crippen LogP contribution in [0.4, 0.5) is 14.5 Å². The van der Waals surface area contributed by atoms with Crippen LogP contribution in [0.5, 0.6) is 0 Å². The van der Waals surface area contributed by atoms with E-state index in [-0.39, 0.29) is 23.4 Å². The van der Waals surface area contributed by atoms with Crippen LogP contribution in [0.3, 0.4) is 0 Å². The molecule has 0 bridgehead atoms. The highest BCUT2D eigenvalue weighted by atomic mass is 32.2. The number of amides is 1. The number of nitrogens with one attached hydrogen (secondary N) is 1. The summed E-state index contributed by atoms with van der Waals surface area (Å²) < 4.78 is 28.0. The van der Waals surface area contributed by atoms with Crippen molar-refractivity contribution in [3.05, 3.63) is 29.8 Å². The van der Waals surface area contributed by atoms with E-state index in [2.05, 4.69) is 20.8 Å². The van der Waals surface area contributed by atoms with E-state index in [0.29, 0.717) is 5.16 Å². The fourth-order valence-electron chi connectivity index (χ4n) is 2.79. The van der Waals surface area contributed by atoms with Crippen LogP contribution < -0.4 is 5.32 Å². The maximum atomic E-state index is 13.1. The number of anilines is 1. The number of nitrogens with zero attached hydrogens (tertiary/aromatic N) is 4. The van der Waals surface area contributed by atoms with Gasteiger partial charge in [-0.15, -0.1) is 5.10 Å². The van der Waals surface area contributed by atoms with E-state index in [4.69, 9.17) is 0 Å². The van der Waals surface area contributed by atoms with E-state index in [1.807, 2.05) is 0 Å². The van der Waals surface area contributed by atoms with Crippen molar-refractivity contribution in [3.63, 3.8) is 0 Å². The Morgan fingerprint density at radius 3 is 2.62 bits per heavy atom. The van der Waals surface area contributed by atoms with Gasteiger partial charge in [-0.05, 0) is 35.4 Å². The number of hydrogen-bond donors (Lipinski definition) is 1. The molecule has 0 unspecified atom stereocenters. The molecule has 1 amide bonds. The number of aromatic nitrogens is 4. The molecule has 1 aliphatic rings. The molecule has 1 aromatic heterocycles. The van der Waals surface area contributed by atoms with Crippen LogP contribution >= 0.6 is 11.8 Å². The molecule has 6 nitrogen and oxygen atoms in total. The predicted molar refractivity (Wildman–Crippen MR) is 85.7 cm³/mol. The van der Waals surface area contributed by atoms with Crippen molar-refractivity contribution >= 4 is 23.4 Å². The molecule has 1 fully saturated rings. The fraction of sp³-hybridized carbons (Fsp3) is 0.467. The molecule has 1 N–H and O–H groups in total. The second-order valence-corrected chi connectivity index (χ2v) is 6.64. The SMILES string of the molecule is O=C(CSc1nnnn1C1CCCCC1)Nc1cc(F)cc(F)c1. The largest absolute Gasteiger partial charge is 0.325 e. The van der Waals surface area contributed by atoms with Gasteiger partial charge in [-0.3, -0.25) is 4.79 Å². The highest BCUT2D eigenvalue weighted by Crippen LogP contribution is 2.30. The smallest absolute Gasteiger partial charge is 0.234 e. The summed E-state index contributed by atoms with van der Waals surface area (Å²) >= 11 is 1.21. The molecule has 1 saturated carbocycles. The molecule has 0 aliphatic heterocycles. The number of hydrogen-bond acceptors (Lipinski definition) is 5. The zero-order valence-corrected chi connectivity index (χ0v) is 13.7. The highest BCUT2D eigenvalue weighted by Gasteiger charge is 2.20. The average molecular weight is 353 g/mol. The van der Waals surface area contributed by atoms with Crippen LogP contribution in [-0.4, -0.2) is 31.9 Å². The van der Waals surface area contributed by atoms with Crippen molar-refractivity contribution in [2.75, 3.05) is 11.1 Å². The molecule has 3 rings (SSSR count). The van der Waals surface area contributed by atoms with E-state index in [9.17, 15) is 13.6 Å². The summed E-state index contributed by atoms with van der Waals surface area (Å²) in [6.45, 7) is 0. The minimum absolute atomic E-state index is 0.0607. The zero-order chi connectivity index (χ0) is 16.9. The summed E-state index contributed by atoms with van der Waals surface area (Å²) in [5.74, 6) is -1.79. The molecule has 9 heteroatoms. The normalized spacial score (nSPS) is 15.4. The molecule has 1 heterocycles. The quantitative estimate of drug-likeness (QED) is 0.836. The summed E-state index contributed by atoms with van der Waals surface area (Å²) in [5, 5.41) is 14.7. The third-order valence-electron chi connectivity index (χ3n) is 3.86. The van der Waals surface area contributed by atoms with Crippen molar-refractivity contribution < 1.29 is 13.6 Å². The second kappa shape index (κ2) is 7.69. The predicted octanol–water partition coefficient (Wildman–Crippen LogP) is 3.19. The Balaban J connectivity index is 1.57. The lowest BCUT2D eigenvalue weighted by atomic mass is 9.96. The number of tetrazole rings is 1. The summed E-state index contributed by atoms with van der Waals surface area (Å²) in [6.07, 6.45) is 5.61. The van der Waals surface area contributed by atoms with Crippen molar-refractivity contribution in [1.29, 1.82) is 0 Å². The fourth-order valence-corrected chi connectivity index (χ4v) is 3.53. The number of benzene rings is 1. The molecule has 1 aliphatic carbocycles. The van der Waals surface area contributed by atoms with Crippen LogP contribution in [-0.2, 0) is 4.79 Å². The monoisotopic (exact) mass is 353 g/mol. The van der Waals surface area contributed by atoms with Crippen LogP contribution in [0, 0.1) is 11.6 Å². The van der Waals surface area contributed by atoms with Crippen molar-refractivity contribution in [1.82, 2.24) is 20.2 Å². The van der Waals surface area contributed by atoms with Gasteiger partial charge in [0.25, 0.3) is 0 Å². The van der Waals surface area contributed by atoms with Crippen LogP contribution in [0.2, 0.25) is 0 Å². The maximum Gasteiger partial charge on any atom is 0.234 e. The van der Waals surface area contributed by atoms with Crippen molar-refractivity contribution in [3.8, 4) is 0 Å². The number of thioether (sulfide) groups is 1. The first-order valence-corrected chi connectivity index (χ1v) is 8.77. The second-order valence-electron chi connectivity index (χ2n) is 5.69. The van der Waals surface area contributed by atoms with Crippen molar-refractivity contribution in [2.45, 2.75) is 43.3 Å². The van der Waals surface area contributed by atoms with Gasteiger partial charge in [-0.1, -0.05) is 31.0 Å². The van der Waals surface area contributed by atoms with E-state index >= 15 is 0 Å². The Kier molecular flexibility index (Phi) is 5.39. The lowest BCUT2D eigenvalue weighted by Crippen LogP contribution is -2.17. The van der Waals surface area contributed by atoms with E-state index in [1.54, 1.807) is 4.68 Å². The molecular formula is C15H17F2N5OS. The standard InChI is InChI=1S/C15H17F2N5OS/c16-10-6-11(17)8-12(7-10)18-14(23)9-24-15-19-20-21-22(15)13-4-2-1-3-5-13/h6-8,13H,1-5,9H2,(H,18,23).